The molecule has 2 aliphatic heterocycles. The van der Waals surface area contributed by atoms with Crippen molar-refractivity contribution in [3.8, 4) is 11.8 Å². The topological polar surface area (TPSA) is 57.7 Å². The van der Waals surface area contributed by atoms with Gasteiger partial charge in [-0.15, -0.1) is 0 Å². The predicted octanol–water partition coefficient (Wildman–Crippen LogP) is 2.25. The highest BCUT2D eigenvalue weighted by atomic mass is 16.2. The highest BCUT2D eigenvalue weighted by Crippen LogP contribution is 2.26. The maximum absolute atomic E-state index is 13.0. The van der Waals surface area contributed by atoms with Crippen LogP contribution < -0.4 is 4.90 Å². The molecular formula is C22H16N2O3. The molecular weight excluding hydrogens is 340 g/mol. The minimum atomic E-state index is -0.378. The van der Waals surface area contributed by atoms with E-state index in [0.717, 1.165) is 27.3 Å². The first-order chi connectivity index (χ1) is 13.1. The third-order valence-electron chi connectivity index (χ3n) is 4.62. The number of anilines is 1. The first-order valence-electron chi connectivity index (χ1n) is 8.66. The number of imide groups is 1. The number of fused-ring (bicyclic) bond motifs is 2. The number of amides is 3. The Bertz CT molecular complexity index is 1020. The first-order valence-corrected chi connectivity index (χ1v) is 8.66. The van der Waals surface area contributed by atoms with Crippen molar-refractivity contribution < 1.29 is 14.4 Å². The van der Waals surface area contributed by atoms with E-state index in [4.69, 9.17) is 0 Å². The van der Waals surface area contributed by atoms with Gasteiger partial charge in [0, 0.05) is 36.2 Å². The van der Waals surface area contributed by atoms with Crippen LogP contribution in [0.1, 0.15) is 23.1 Å². The van der Waals surface area contributed by atoms with Gasteiger partial charge in [0.2, 0.25) is 5.91 Å². The molecule has 0 radical (unpaired) electrons. The van der Waals surface area contributed by atoms with E-state index in [1.165, 1.54) is 12.2 Å². The summed E-state index contributed by atoms with van der Waals surface area (Å²) in [5, 5.41) is 0. The van der Waals surface area contributed by atoms with Gasteiger partial charge >= 0.3 is 0 Å². The number of hydrogen-bond acceptors (Lipinski definition) is 3. The molecule has 0 saturated carbocycles. The fourth-order valence-corrected chi connectivity index (χ4v) is 3.20. The molecule has 4 rings (SSSR count). The molecule has 132 valence electrons. The molecule has 0 fully saturated rings. The van der Waals surface area contributed by atoms with Crippen LogP contribution in [0.4, 0.5) is 5.69 Å². The van der Waals surface area contributed by atoms with Gasteiger partial charge in [-0.05, 0) is 23.8 Å². The Balaban J connectivity index is 1.63. The molecule has 2 heterocycles. The van der Waals surface area contributed by atoms with Crippen molar-refractivity contribution >= 4 is 23.4 Å². The van der Waals surface area contributed by atoms with Crippen LogP contribution in [0, 0.1) is 11.8 Å². The zero-order chi connectivity index (χ0) is 18.8. The maximum atomic E-state index is 13.0. The number of carbonyl (C=O) groups is 3. The average molecular weight is 356 g/mol. The second-order valence-electron chi connectivity index (χ2n) is 6.32. The summed E-state index contributed by atoms with van der Waals surface area (Å²) in [6, 6.07) is 15.2. The van der Waals surface area contributed by atoms with Gasteiger partial charge in [0.15, 0.2) is 0 Å². The Morgan fingerprint density at radius 1 is 0.889 bits per heavy atom. The Kier molecular flexibility index (Phi) is 4.31. The molecule has 2 aromatic carbocycles. The SMILES string of the molecule is O=C1C=CC(=O)N1CCC(=O)N1Cc2ccccc2C#Cc2ccccc21. The summed E-state index contributed by atoms with van der Waals surface area (Å²) in [5.74, 6) is 5.41. The lowest BCUT2D eigenvalue weighted by atomic mass is 10.0. The Morgan fingerprint density at radius 3 is 2.30 bits per heavy atom. The van der Waals surface area contributed by atoms with Crippen LogP contribution in [0.3, 0.4) is 0 Å². The van der Waals surface area contributed by atoms with Crippen molar-refractivity contribution in [2.24, 2.45) is 0 Å². The lowest BCUT2D eigenvalue weighted by molar-refractivity contribution is -0.137. The second kappa shape index (κ2) is 6.93. The average Bonchev–Trinajstić information content (AvgIpc) is 2.99. The molecule has 0 saturated heterocycles. The maximum Gasteiger partial charge on any atom is 0.253 e. The van der Waals surface area contributed by atoms with Crippen LogP contribution in [-0.4, -0.2) is 29.2 Å². The van der Waals surface area contributed by atoms with Crippen molar-refractivity contribution in [1.29, 1.82) is 0 Å². The molecule has 2 aliphatic rings. The third kappa shape index (κ3) is 3.25. The molecule has 0 bridgehead atoms. The van der Waals surface area contributed by atoms with Crippen LogP contribution in [0.15, 0.2) is 60.7 Å². The Morgan fingerprint density at radius 2 is 1.52 bits per heavy atom. The molecule has 5 nitrogen and oxygen atoms in total. The molecule has 5 heteroatoms. The van der Waals surface area contributed by atoms with Crippen LogP contribution in [0.25, 0.3) is 0 Å². The van der Waals surface area contributed by atoms with E-state index in [1.807, 2.05) is 48.5 Å². The summed E-state index contributed by atoms with van der Waals surface area (Å²) >= 11 is 0. The molecule has 3 amide bonds. The van der Waals surface area contributed by atoms with Crippen molar-refractivity contribution in [1.82, 2.24) is 4.90 Å². The summed E-state index contributed by atoms with van der Waals surface area (Å²) in [6.45, 7) is 0.455. The molecule has 2 aromatic rings. The summed E-state index contributed by atoms with van der Waals surface area (Å²) in [4.78, 5) is 39.2. The van der Waals surface area contributed by atoms with E-state index in [1.54, 1.807) is 4.90 Å². The number of hydrogen-bond donors (Lipinski definition) is 0. The van der Waals surface area contributed by atoms with Crippen LogP contribution in [0.5, 0.6) is 0 Å². The Hall–Kier alpha value is -3.65. The van der Waals surface area contributed by atoms with E-state index < -0.39 is 0 Å². The van der Waals surface area contributed by atoms with Gasteiger partial charge in [-0.2, -0.15) is 0 Å². The zero-order valence-electron chi connectivity index (χ0n) is 14.5. The number of nitrogens with zero attached hydrogens (tertiary/aromatic N) is 2. The third-order valence-corrected chi connectivity index (χ3v) is 4.62. The van der Waals surface area contributed by atoms with E-state index in [-0.39, 0.29) is 30.7 Å². The van der Waals surface area contributed by atoms with E-state index >= 15 is 0 Å². The Labute approximate surface area is 156 Å². The van der Waals surface area contributed by atoms with Crippen molar-refractivity contribution in [3.05, 3.63) is 77.4 Å². The number of carbonyl (C=O) groups excluding carboxylic acids is 3. The lowest BCUT2D eigenvalue weighted by Crippen LogP contribution is -2.37. The normalized spacial score (nSPS) is 14.8. The standard InChI is InChI=1S/C22H16N2O3/c25-20-11-12-21(26)23(20)14-13-22(27)24-15-18-7-2-1-5-16(18)9-10-17-6-3-4-8-19(17)24/h1-8,11-12H,13-15H2. The summed E-state index contributed by atoms with van der Waals surface area (Å²) in [7, 11) is 0. The monoisotopic (exact) mass is 356 g/mol. The smallest absolute Gasteiger partial charge is 0.253 e. The highest BCUT2D eigenvalue weighted by molar-refractivity contribution is 6.13. The zero-order valence-corrected chi connectivity index (χ0v) is 14.5. The summed E-state index contributed by atoms with van der Waals surface area (Å²) in [6.07, 6.45) is 2.51. The minimum absolute atomic E-state index is 0.0586. The molecule has 0 atom stereocenters. The van der Waals surface area contributed by atoms with Gasteiger partial charge in [-0.1, -0.05) is 42.2 Å². The van der Waals surface area contributed by atoms with E-state index in [0.29, 0.717) is 6.54 Å². The number of benzene rings is 2. The quantitative estimate of drug-likeness (QED) is 0.626. The molecule has 0 spiro atoms. The number of rotatable bonds is 3. The molecule has 0 N–H and O–H groups in total. The lowest BCUT2D eigenvalue weighted by Gasteiger charge is -2.26. The summed E-state index contributed by atoms with van der Waals surface area (Å²) < 4.78 is 0. The van der Waals surface area contributed by atoms with Crippen molar-refractivity contribution in [3.63, 3.8) is 0 Å². The predicted molar refractivity (Wildman–Crippen MR) is 101 cm³/mol. The van der Waals surface area contributed by atoms with Crippen LogP contribution in [0.2, 0.25) is 0 Å². The largest absolute Gasteiger partial charge is 0.307 e. The van der Waals surface area contributed by atoms with E-state index in [2.05, 4.69) is 11.8 Å². The van der Waals surface area contributed by atoms with Crippen LogP contribution >= 0.6 is 0 Å². The van der Waals surface area contributed by atoms with Gasteiger partial charge < -0.3 is 4.90 Å². The van der Waals surface area contributed by atoms with E-state index in [9.17, 15) is 14.4 Å². The molecule has 0 unspecified atom stereocenters. The van der Waals surface area contributed by atoms with Crippen molar-refractivity contribution in [2.75, 3.05) is 11.4 Å². The first kappa shape index (κ1) is 16.8. The van der Waals surface area contributed by atoms with Gasteiger partial charge in [-0.25, -0.2) is 0 Å². The number of para-hydroxylation sites is 1. The fraction of sp³-hybridized carbons (Fsp3) is 0.136. The molecule has 0 aromatic heterocycles. The van der Waals surface area contributed by atoms with Gasteiger partial charge in [0.1, 0.15) is 0 Å². The molecule has 27 heavy (non-hydrogen) atoms. The van der Waals surface area contributed by atoms with Gasteiger partial charge in [-0.3, -0.25) is 19.3 Å². The minimum Gasteiger partial charge on any atom is -0.307 e. The van der Waals surface area contributed by atoms with Gasteiger partial charge in [0.25, 0.3) is 11.8 Å². The second-order valence-corrected chi connectivity index (χ2v) is 6.32. The van der Waals surface area contributed by atoms with Crippen LogP contribution in [-0.2, 0) is 20.9 Å². The molecule has 0 aliphatic carbocycles. The summed E-state index contributed by atoms with van der Waals surface area (Å²) in [5.41, 5.74) is 3.36. The van der Waals surface area contributed by atoms with Gasteiger partial charge in [0.05, 0.1) is 12.2 Å². The van der Waals surface area contributed by atoms with Crippen molar-refractivity contribution in [2.45, 2.75) is 13.0 Å². The fourth-order valence-electron chi connectivity index (χ4n) is 3.20. The highest BCUT2D eigenvalue weighted by Gasteiger charge is 2.26.